The lowest BCUT2D eigenvalue weighted by atomic mass is 10.1. The fourth-order valence-corrected chi connectivity index (χ4v) is 2.28. The Kier molecular flexibility index (Phi) is 2.95. The van der Waals surface area contributed by atoms with Crippen molar-refractivity contribution in [2.45, 2.75) is 13.5 Å². The molecule has 1 aromatic heterocycles. The molecule has 98 valence electrons. The van der Waals surface area contributed by atoms with Gasteiger partial charge in [0.15, 0.2) is 0 Å². The zero-order chi connectivity index (χ0) is 13.2. The molecule has 0 unspecified atom stereocenters. The second-order valence-corrected chi connectivity index (χ2v) is 4.31. The van der Waals surface area contributed by atoms with E-state index in [1.165, 1.54) is 0 Å². The summed E-state index contributed by atoms with van der Waals surface area (Å²) in [6.45, 7) is 3.73. The molecule has 0 saturated heterocycles. The first-order chi connectivity index (χ1) is 9.31. The summed E-state index contributed by atoms with van der Waals surface area (Å²) >= 11 is 0. The highest BCUT2D eigenvalue weighted by atomic mass is 16.5. The lowest BCUT2D eigenvalue weighted by Gasteiger charge is -2.05. The van der Waals surface area contributed by atoms with E-state index in [0.717, 1.165) is 24.5 Å². The van der Waals surface area contributed by atoms with Crippen LogP contribution in [-0.2, 0) is 11.3 Å². The van der Waals surface area contributed by atoms with Gasteiger partial charge in [-0.3, -0.25) is 0 Å². The Labute approximate surface area is 111 Å². The minimum absolute atomic E-state index is 0.322. The summed E-state index contributed by atoms with van der Waals surface area (Å²) in [4.78, 5) is 12.1. The second-order valence-electron chi connectivity index (χ2n) is 4.31. The average molecular weight is 257 g/mol. The van der Waals surface area contributed by atoms with Crippen LogP contribution in [0.15, 0.2) is 30.3 Å². The van der Waals surface area contributed by atoms with E-state index in [9.17, 15) is 4.79 Å². The van der Waals surface area contributed by atoms with Gasteiger partial charge < -0.3 is 10.1 Å². The summed E-state index contributed by atoms with van der Waals surface area (Å²) in [5.74, 6) is 0.439. The van der Waals surface area contributed by atoms with E-state index >= 15 is 0 Å². The zero-order valence-electron chi connectivity index (χ0n) is 10.7. The molecule has 0 saturated carbocycles. The Morgan fingerprint density at radius 1 is 1.42 bits per heavy atom. The van der Waals surface area contributed by atoms with Gasteiger partial charge in [-0.1, -0.05) is 30.3 Å². The Morgan fingerprint density at radius 2 is 2.21 bits per heavy atom. The van der Waals surface area contributed by atoms with Gasteiger partial charge in [-0.05, 0) is 6.92 Å². The number of anilines is 1. The number of aromatic nitrogens is 2. The van der Waals surface area contributed by atoms with Crippen molar-refractivity contribution < 1.29 is 9.53 Å². The van der Waals surface area contributed by atoms with Crippen molar-refractivity contribution in [2.24, 2.45) is 0 Å². The largest absolute Gasteiger partial charge is 0.462 e. The molecule has 0 aliphatic carbocycles. The molecule has 1 aliphatic heterocycles. The molecule has 0 amide bonds. The molecule has 19 heavy (non-hydrogen) atoms. The van der Waals surface area contributed by atoms with E-state index in [1.807, 2.05) is 35.0 Å². The molecule has 5 nitrogen and oxygen atoms in total. The Bertz CT molecular complexity index is 605. The van der Waals surface area contributed by atoms with Gasteiger partial charge in [-0.2, -0.15) is 5.10 Å². The van der Waals surface area contributed by atoms with Crippen LogP contribution in [0.5, 0.6) is 0 Å². The van der Waals surface area contributed by atoms with Crippen LogP contribution in [0.1, 0.15) is 17.3 Å². The Balaban J connectivity index is 2.12. The molecule has 0 radical (unpaired) electrons. The van der Waals surface area contributed by atoms with E-state index in [4.69, 9.17) is 4.74 Å². The van der Waals surface area contributed by atoms with E-state index in [-0.39, 0.29) is 5.97 Å². The van der Waals surface area contributed by atoms with Crippen molar-refractivity contribution >= 4 is 11.8 Å². The van der Waals surface area contributed by atoms with Gasteiger partial charge in [-0.15, -0.1) is 0 Å². The zero-order valence-corrected chi connectivity index (χ0v) is 10.7. The lowest BCUT2D eigenvalue weighted by molar-refractivity contribution is 0.0528. The van der Waals surface area contributed by atoms with Crippen LogP contribution in [0.3, 0.4) is 0 Å². The van der Waals surface area contributed by atoms with Gasteiger partial charge >= 0.3 is 5.97 Å². The van der Waals surface area contributed by atoms with Crippen molar-refractivity contribution in [2.75, 3.05) is 18.5 Å². The van der Waals surface area contributed by atoms with Gasteiger partial charge in [0.05, 0.1) is 13.2 Å². The standard InChI is InChI=1S/C14H15N3O2/c1-2-19-14(18)11-12(10-6-4-3-5-7-10)16-17-9-8-15-13(11)17/h3-7,15H,2,8-9H2,1H3. The number of fused-ring (bicyclic) bond motifs is 1. The first-order valence-electron chi connectivity index (χ1n) is 6.38. The molecule has 0 bridgehead atoms. The fraction of sp³-hybridized carbons (Fsp3) is 0.286. The molecular formula is C14H15N3O2. The predicted molar refractivity (Wildman–Crippen MR) is 72.1 cm³/mol. The monoisotopic (exact) mass is 257 g/mol. The van der Waals surface area contributed by atoms with Crippen LogP contribution in [0.4, 0.5) is 5.82 Å². The molecule has 0 spiro atoms. The van der Waals surface area contributed by atoms with Crippen LogP contribution < -0.4 is 5.32 Å². The minimum atomic E-state index is -0.322. The maximum Gasteiger partial charge on any atom is 0.344 e. The summed E-state index contributed by atoms with van der Waals surface area (Å²) in [6, 6.07) is 9.70. The van der Waals surface area contributed by atoms with Crippen LogP contribution in [-0.4, -0.2) is 28.9 Å². The molecule has 1 aliphatic rings. The molecule has 0 fully saturated rings. The van der Waals surface area contributed by atoms with Crippen LogP contribution in [0.25, 0.3) is 11.3 Å². The highest BCUT2D eigenvalue weighted by Crippen LogP contribution is 2.31. The van der Waals surface area contributed by atoms with Gasteiger partial charge in [0, 0.05) is 12.1 Å². The smallest absolute Gasteiger partial charge is 0.344 e. The van der Waals surface area contributed by atoms with Crippen LogP contribution in [0.2, 0.25) is 0 Å². The van der Waals surface area contributed by atoms with Gasteiger partial charge in [0.1, 0.15) is 17.1 Å². The molecule has 0 atom stereocenters. The molecule has 1 N–H and O–H groups in total. The number of nitrogens with zero attached hydrogens (tertiary/aromatic N) is 2. The normalized spacial score (nSPS) is 12.9. The summed E-state index contributed by atoms with van der Waals surface area (Å²) < 4.78 is 6.97. The minimum Gasteiger partial charge on any atom is -0.462 e. The molecule has 2 heterocycles. The third kappa shape index (κ3) is 1.97. The third-order valence-corrected chi connectivity index (χ3v) is 3.10. The molecule has 3 rings (SSSR count). The number of hydrogen-bond donors (Lipinski definition) is 1. The quantitative estimate of drug-likeness (QED) is 0.856. The average Bonchev–Trinajstić information content (AvgIpc) is 2.99. The van der Waals surface area contributed by atoms with Crippen molar-refractivity contribution in [1.82, 2.24) is 9.78 Å². The Hall–Kier alpha value is -2.30. The number of nitrogens with one attached hydrogen (secondary N) is 1. The topological polar surface area (TPSA) is 56.1 Å². The van der Waals surface area contributed by atoms with E-state index in [2.05, 4.69) is 10.4 Å². The summed E-state index contributed by atoms with van der Waals surface area (Å²) in [5.41, 5.74) is 2.14. The number of esters is 1. The number of ether oxygens (including phenoxy) is 1. The van der Waals surface area contributed by atoms with E-state index in [1.54, 1.807) is 6.92 Å². The van der Waals surface area contributed by atoms with Crippen molar-refractivity contribution in [1.29, 1.82) is 0 Å². The summed E-state index contributed by atoms with van der Waals surface area (Å²) in [5, 5.41) is 7.72. The maximum atomic E-state index is 12.1. The van der Waals surface area contributed by atoms with Gasteiger partial charge in [0.2, 0.25) is 0 Å². The summed E-state index contributed by atoms with van der Waals surface area (Å²) in [7, 11) is 0. The van der Waals surface area contributed by atoms with Crippen molar-refractivity contribution in [3.05, 3.63) is 35.9 Å². The summed E-state index contributed by atoms with van der Waals surface area (Å²) in [6.07, 6.45) is 0. The first kappa shape index (κ1) is 11.8. The predicted octanol–water partition coefficient (Wildman–Crippen LogP) is 2.15. The number of hydrogen-bond acceptors (Lipinski definition) is 4. The highest BCUT2D eigenvalue weighted by Gasteiger charge is 2.28. The Morgan fingerprint density at radius 3 is 2.95 bits per heavy atom. The molecular weight excluding hydrogens is 242 g/mol. The van der Waals surface area contributed by atoms with Crippen LogP contribution >= 0.6 is 0 Å². The van der Waals surface area contributed by atoms with Crippen molar-refractivity contribution in [3.63, 3.8) is 0 Å². The first-order valence-corrected chi connectivity index (χ1v) is 6.38. The lowest BCUT2D eigenvalue weighted by Crippen LogP contribution is -2.08. The van der Waals surface area contributed by atoms with E-state index in [0.29, 0.717) is 17.9 Å². The number of carbonyl (C=O) groups excluding carboxylic acids is 1. The number of rotatable bonds is 3. The van der Waals surface area contributed by atoms with Gasteiger partial charge in [-0.25, -0.2) is 9.48 Å². The maximum absolute atomic E-state index is 12.1. The van der Waals surface area contributed by atoms with Crippen molar-refractivity contribution in [3.8, 4) is 11.3 Å². The van der Waals surface area contributed by atoms with Gasteiger partial charge in [0.25, 0.3) is 0 Å². The SMILES string of the molecule is CCOC(=O)c1c(-c2ccccc2)nn2c1NCC2. The highest BCUT2D eigenvalue weighted by molar-refractivity contribution is 6.01. The molecule has 5 heteroatoms. The molecule has 1 aromatic carbocycles. The third-order valence-electron chi connectivity index (χ3n) is 3.10. The number of carbonyl (C=O) groups is 1. The van der Waals surface area contributed by atoms with E-state index < -0.39 is 0 Å². The molecule has 2 aromatic rings. The number of benzene rings is 1. The second kappa shape index (κ2) is 4.76. The fourth-order valence-electron chi connectivity index (χ4n) is 2.28. The van der Waals surface area contributed by atoms with Crippen LogP contribution in [0, 0.1) is 0 Å².